The lowest BCUT2D eigenvalue weighted by Crippen LogP contribution is -2.11. The SMILES string of the molecule is COc1cc(C(C)N)c(C(C)C)c(Br)c1OC. The van der Waals surface area contributed by atoms with Gasteiger partial charge in [-0.2, -0.15) is 0 Å². The third-order valence-electron chi connectivity index (χ3n) is 2.75. The third-order valence-corrected chi connectivity index (χ3v) is 3.54. The van der Waals surface area contributed by atoms with Crippen LogP contribution in [0.5, 0.6) is 11.5 Å². The average molecular weight is 302 g/mol. The maximum Gasteiger partial charge on any atom is 0.175 e. The molecular formula is C13H20BrNO2. The van der Waals surface area contributed by atoms with Crippen molar-refractivity contribution in [3.05, 3.63) is 21.7 Å². The molecule has 0 saturated heterocycles. The minimum absolute atomic E-state index is 0.0384. The smallest absolute Gasteiger partial charge is 0.175 e. The van der Waals surface area contributed by atoms with Gasteiger partial charge in [0.2, 0.25) is 0 Å². The van der Waals surface area contributed by atoms with Crippen molar-refractivity contribution >= 4 is 15.9 Å². The molecule has 0 radical (unpaired) electrons. The van der Waals surface area contributed by atoms with E-state index in [0.717, 1.165) is 15.8 Å². The second-order valence-corrected chi connectivity index (χ2v) is 5.17. The standard InChI is InChI=1S/C13H20BrNO2/c1-7(2)11-9(8(3)15)6-10(16-4)13(17-5)12(11)14/h6-8H,15H2,1-5H3. The molecule has 0 heterocycles. The highest BCUT2D eigenvalue weighted by molar-refractivity contribution is 9.10. The van der Waals surface area contributed by atoms with Crippen LogP contribution in [0, 0.1) is 0 Å². The summed E-state index contributed by atoms with van der Waals surface area (Å²) >= 11 is 3.59. The highest BCUT2D eigenvalue weighted by Gasteiger charge is 2.21. The minimum Gasteiger partial charge on any atom is -0.493 e. The summed E-state index contributed by atoms with van der Waals surface area (Å²) in [6.07, 6.45) is 0. The number of methoxy groups -OCH3 is 2. The molecule has 17 heavy (non-hydrogen) atoms. The van der Waals surface area contributed by atoms with Crippen LogP contribution in [-0.2, 0) is 0 Å². The summed E-state index contributed by atoms with van der Waals surface area (Å²) in [5, 5.41) is 0. The van der Waals surface area contributed by atoms with E-state index in [9.17, 15) is 0 Å². The van der Waals surface area contributed by atoms with Crippen LogP contribution in [-0.4, -0.2) is 14.2 Å². The van der Waals surface area contributed by atoms with Gasteiger partial charge in [-0.15, -0.1) is 0 Å². The summed E-state index contributed by atoms with van der Waals surface area (Å²) in [5.74, 6) is 1.79. The predicted octanol–water partition coefficient (Wildman–Crippen LogP) is 3.61. The molecule has 0 amide bonds. The van der Waals surface area contributed by atoms with Gasteiger partial charge >= 0.3 is 0 Å². The Hall–Kier alpha value is -0.740. The van der Waals surface area contributed by atoms with Gasteiger partial charge in [-0.3, -0.25) is 0 Å². The molecule has 0 aliphatic carbocycles. The van der Waals surface area contributed by atoms with Crippen molar-refractivity contribution in [2.45, 2.75) is 32.7 Å². The fraction of sp³-hybridized carbons (Fsp3) is 0.538. The van der Waals surface area contributed by atoms with Gasteiger partial charge in [0.25, 0.3) is 0 Å². The predicted molar refractivity (Wildman–Crippen MR) is 73.9 cm³/mol. The van der Waals surface area contributed by atoms with E-state index in [1.807, 2.05) is 13.0 Å². The van der Waals surface area contributed by atoms with Crippen molar-refractivity contribution in [3.8, 4) is 11.5 Å². The molecule has 0 aliphatic heterocycles. The number of nitrogens with two attached hydrogens (primary N) is 1. The van der Waals surface area contributed by atoms with Crippen molar-refractivity contribution < 1.29 is 9.47 Å². The highest BCUT2D eigenvalue weighted by Crippen LogP contribution is 2.43. The largest absolute Gasteiger partial charge is 0.493 e. The van der Waals surface area contributed by atoms with Crippen LogP contribution >= 0.6 is 15.9 Å². The molecule has 4 heteroatoms. The topological polar surface area (TPSA) is 44.5 Å². The zero-order valence-electron chi connectivity index (χ0n) is 11.0. The number of benzene rings is 1. The molecule has 2 N–H and O–H groups in total. The van der Waals surface area contributed by atoms with E-state index >= 15 is 0 Å². The van der Waals surface area contributed by atoms with E-state index < -0.39 is 0 Å². The number of halogens is 1. The van der Waals surface area contributed by atoms with Gasteiger partial charge in [0, 0.05) is 6.04 Å². The number of ether oxygens (including phenoxy) is 2. The van der Waals surface area contributed by atoms with Gasteiger partial charge < -0.3 is 15.2 Å². The van der Waals surface area contributed by atoms with Gasteiger partial charge in [-0.1, -0.05) is 13.8 Å². The Labute approximate surface area is 111 Å². The van der Waals surface area contributed by atoms with Crippen molar-refractivity contribution in [3.63, 3.8) is 0 Å². The maximum atomic E-state index is 6.02. The normalized spacial score (nSPS) is 12.7. The molecule has 0 saturated carbocycles. The lowest BCUT2D eigenvalue weighted by Gasteiger charge is -2.21. The molecule has 0 spiro atoms. The van der Waals surface area contributed by atoms with E-state index in [1.165, 1.54) is 5.56 Å². The molecular weight excluding hydrogens is 282 g/mol. The second-order valence-electron chi connectivity index (χ2n) is 4.37. The van der Waals surface area contributed by atoms with Crippen LogP contribution in [0.3, 0.4) is 0 Å². The maximum absolute atomic E-state index is 6.02. The molecule has 1 atom stereocenters. The van der Waals surface area contributed by atoms with Gasteiger partial charge in [-0.05, 0) is 46.0 Å². The molecule has 96 valence electrons. The van der Waals surface area contributed by atoms with Crippen LogP contribution in [0.15, 0.2) is 10.5 Å². The van der Waals surface area contributed by atoms with E-state index in [4.69, 9.17) is 15.2 Å². The fourth-order valence-corrected chi connectivity index (χ4v) is 2.99. The van der Waals surface area contributed by atoms with Crippen LogP contribution < -0.4 is 15.2 Å². The Kier molecular flexibility index (Phi) is 4.83. The van der Waals surface area contributed by atoms with E-state index in [2.05, 4.69) is 29.8 Å². The number of hydrogen-bond acceptors (Lipinski definition) is 3. The highest BCUT2D eigenvalue weighted by atomic mass is 79.9. The first-order valence-electron chi connectivity index (χ1n) is 5.63. The van der Waals surface area contributed by atoms with E-state index in [-0.39, 0.29) is 6.04 Å². The molecule has 1 aromatic carbocycles. The molecule has 1 unspecified atom stereocenters. The second kappa shape index (κ2) is 5.74. The van der Waals surface area contributed by atoms with Crippen LogP contribution in [0.25, 0.3) is 0 Å². The Balaban J connectivity index is 3.56. The summed E-state index contributed by atoms with van der Waals surface area (Å²) in [5.41, 5.74) is 8.29. The Morgan fingerprint density at radius 1 is 1.18 bits per heavy atom. The van der Waals surface area contributed by atoms with Gasteiger partial charge in [0.1, 0.15) is 0 Å². The Morgan fingerprint density at radius 2 is 1.76 bits per heavy atom. The van der Waals surface area contributed by atoms with Crippen molar-refractivity contribution in [2.24, 2.45) is 5.73 Å². The Morgan fingerprint density at radius 3 is 2.12 bits per heavy atom. The third kappa shape index (κ3) is 2.75. The fourth-order valence-electron chi connectivity index (χ4n) is 1.95. The Bertz CT molecular complexity index is 403. The van der Waals surface area contributed by atoms with Crippen molar-refractivity contribution in [1.82, 2.24) is 0 Å². The quantitative estimate of drug-likeness (QED) is 0.924. The molecule has 3 nitrogen and oxygen atoms in total. The first-order valence-corrected chi connectivity index (χ1v) is 6.43. The van der Waals surface area contributed by atoms with Crippen LogP contribution in [0.4, 0.5) is 0 Å². The molecule has 1 rings (SSSR count). The zero-order chi connectivity index (χ0) is 13.2. The first-order chi connectivity index (χ1) is 7.93. The van der Waals surface area contributed by atoms with Gasteiger partial charge in [0.15, 0.2) is 11.5 Å². The molecule has 1 aromatic rings. The summed E-state index contributed by atoms with van der Waals surface area (Å²) in [7, 11) is 3.27. The van der Waals surface area contributed by atoms with Crippen LogP contribution in [0.1, 0.15) is 43.9 Å². The molecule has 0 aliphatic rings. The lowest BCUT2D eigenvalue weighted by molar-refractivity contribution is 0.351. The molecule has 0 bridgehead atoms. The van der Waals surface area contributed by atoms with Crippen molar-refractivity contribution in [2.75, 3.05) is 14.2 Å². The average Bonchev–Trinajstić information content (AvgIpc) is 2.26. The summed E-state index contributed by atoms with van der Waals surface area (Å²) in [6.45, 7) is 6.25. The number of rotatable bonds is 4. The molecule has 0 fully saturated rings. The zero-order valence-corrected chi connectivity index (χ0v) is 12.6. The first kappa shape index (κ1) is 14.3. The van der Waals surface area contributed by atoms with Gasteiger partial charge in [0.05, 0.1) is 18.7 Å². The van der Waals surface area contributed by atoms with Crippen molar-refractivity contribution in [1.29, 1.82) is 0 Å². The van der Waals surface area contributed by atoms with E-state index in [1.54, 1.807) is 14.2 Å². The van der Waals surface area contributed by atoms with E-state index in [0.29, 0.717) is 11.7 Å². The van der Waals surface area contributed by atoms with Gasteiger partial charge in [-0.25, -0.2) is 0 Å². The number of hydrogen-bond donors (Lipinski definition) is 1. The van der Waals surface area contributed by atoms with Crippen LogP contribution in [0.2, 0.25) is 0 Å². The minimum atomic E-state index is -0.0384. The molecule has 0 aromatic heterocycles. The summed E-state index contributed by atoms with van der Waals surface area (Å²) in [6, 6.07) is 1.92. The summed E-state index contributed by atoms with van der Waals surface area (Å²) in [4.78, 5) is 0. The lowest BCUT2D eigenvalue weighted by atomic mass is 9.93. The summed E-state index contributed by atoms with van der Waals surface area (Å²) < 4.78 is 11.6. The monoisotopic (exact) mass is 301 g/mol.